The monoisotopic (exact) mass is 417 g/mol. The number of nitro groups is 1. The van der Waals surface area contributed by atoms with Gasteiger partial charge < -0.3 is 19.5 Å². The van der Waals surface area contributed by atoms with Crippen molar-refractivity contribution >= 4 is 23.3 Å². The highest BCUT2D eigenvalue weighted by Crippen LogP contribution is 2.28. The number of anilines is 1. The second-order valence-corrected chi connectivity index (χ2v) is 6.47. The number of nitrogens with one attached hydrogen (secondary N) is 2. The number of carbonyl (C=O) groups excluding carboxylic acids is 2. The van der Waals surface area contributed by atoms with E-state index in [1.165, 1.54) is 32.4 Å². The summed E-state index contributed by atoms with van der Waals surface area (Å²) in [6, 6.07) is 12.7. The Morgan fingerprint density at radius 1 is 1.13 bits per heavy atom. The zero-order valence-electron chi connectivity index (χ0n) is 16.8. The lowest BCUT2D eigenvalue weighted by Gasteiger charge is -2.27. The Balaban J connectivity index is 2.03. The van der Waals surface area contributed by atoms with Crippen molar-refractivity contribution in [1.82, 2.24) is 5.32 Å². The highest BCUT2D eigenvalue weighted by Gasteiger charge is 2.35. The Hall–Kier alpha value is -3.66. The molecular weight excluding hydrogens is 394 g/mol. The summed E-state index contributed by atoms with van der Waals surface area (Å²) in [7, 11) is 2.58. The summed E-state index contributed by atoms with van der Waals surface area (Å²) in [5.74, 6) is -0.383. The zero-order valence-corrected chi connectivity index (χ0v) is 16.8. The molecule has 10 heteroatoms. The molecule has 0 radical (unpaired) electrons. The van der Waals surface area contributed by atoms with Gasteiger partial charge in [0.25, 0.3) is 5.69 Å². The fourth-order valence-electron chi connectivity index (χ4n) is 2.52. The molecule has 2 aromatic carbocycles. The van der Waals surface area contributed by atoms with Crippen LogP contribution in [-0.4, -0.2) is 49.7 Å². The second-order valence-electron chi connectivity index (χ2n) is 6.47. The van der Waals surface area contributed by atoms with Gasteiger partial charge in [-0.3, -0.25) is 20.2 Å². The number of nitrogens with zero attached hydrogens (tertiary/aromatic N) is 1. The number of carbonyl (C=O) groups is 2. The Morgan fingerprint density at radius 2 is 1.83 bits per heavy atom. The second kappa shape index (κ2) is 10.2. The van der Waals surface area contributed by atoms with E-state index in [1.54, 1.807) is 31.2 Å². The molecule has 0 heterocycles. The number of para-hydroxylation sites is 1. The first-order chi connectivity index (χ1) is 14.3. The molecule has 2 rings (SSSR count). The van der Waals surface area contributed by atoms with Crippen molar-refractivity contribution in [3.63, 3.8) is 0 Å². The maximum atomic E-state index is 12.4. The van der Waals surface area contributed by atoms with Gasteiger partial charge in [0.05, 0.1) is 37.4 Å². The number of ether oxygens (including phenoxy) is 3. The number of methoxy groups -OCH3 is 2. The van der Waals surface area contributed by atoms with Crippen molar-refractivity contribution in [2.24, 2.45) is 0 Å². The molecule has 0 aliphatic heterocycles. The zero-order chi connectivity index (χ0) is 22.1. The van der Waals surface area contributed by atoms with E-state index in [0.717, 1.165) is 0 Å². The number of esters is 1. The lowest BCUT2D eigenvalue weighted by atomic mass is 10.0. The molecule has 0 aromatic heterocycles. The van der Waals surface area contributed by atoms with Crippen LogP contribution in [0.2, 0.25) is 0 Å². The van der Waals surface area contributed by atoms with E-state index in [-0.39, 0.29) is 30.3 Å². The van der Waals surface area contributed by atoms with Gasteiger partial charge in [-0.15, -0.1) is 0 Å². The minimum Gasteiger partial charge on any atom is -0.494 e. The van der Waals surface area contributed by atoms with E-state index in [4.69, 9.17) is 14.2 Å². The smallest absolute Gasteiger partial charge is 0.329 e. The fourth-order valence-corrected chi connectivity index (χ4v) is 2.52. The topological polar surface area (TPSA) is 129 Å². The minimum absolute atomic E-state index is 0.0716. The largest absolute Gasteiger partial charge is 0.494 e. The van der Waals surface area contributed by atoms with Crippen LogP contribution in [0.3, 0.4) is 0 Å². The molecule has 30 heavy (non-hydrogen) atoms. The number of amides is 1. The highest BCUT2D eigenvalue weighted by atomic mass is 16.6. The number of hydrogen-bond donors (Lipinski definition) is 2. The van der Waals surface area contributed by atoms with Gasteiger partial charge in [0.2, 0.25) is 5.91 Å². The third-order valence-corrected chi connectivity index (χ3v) is 4.22. The average Bonchev–Trinajstić information content (AvgIpc) is 2.76. The number of hydrogen-bond acceptors (Lipinski definition) is 8. The fraction of sp³-hybridized carbons (Fsp3) is 0.300. The average molecular weight is 417 g/mol. The van der Waals surface area contributed by atoms with E-state index in [1.807, 2.05) is 6.07 Å². The van der Waals surface area contributed by atoms with Crippen LogP contribution in [0.5, 0.6) is 11.5 Å². The predicted octanol–water partition coefficient (Wildman–Crippen LogP) is 2.14. The maximum absolute atomic E-state index is 12.4. The lowest BCUT2D eigenvalue weighted by Crippen LogP contribution is -2.56. The summed E-state index contributed by atoms with van der Waals surface area (Å²) in [5, 5.41) is 16.3. The van der Waals surface area contributed by atoms with Crippen LogP contribution in [-0.2, 0) is 14.3 Å². The molecule has 2 N–H and O–H groups in total. The molecule has 0 bridgehead atoms. The molecule has 10 nitrogen and oxygen atoms in total. The SMILES string of the molecule is COC(=O)C(C)(COc1ccccc1)NCC(=O)Nc1ccc([N+](=O)[O-])cc1OC. The Morgan fingerprint density at radius 3 is 2.43 bits per heavy atom. The van der Waals surface area contributed by atoms with E-state index < -0.39 is 22.3 Å². The summed E-state index contributed by atoms with van der Waals surface area (Å²) in [6.45, 7) is 1.24. The maximum Gasteiger partial charge on any atom is 0.329 e. The van der Waals surface area contributed by atoms with Crippen molar-refractivity contribution in [1.29, 1.82) is 0 Å². The Kier molecular flexibility index (Phi) is 7.70. The molecule has 0 fully saturated rings. The third kappa shape index (κ3) is 5.92. The molecule has 0 spiro atoms. The van der Waals surface area contributed by atoms with E-state index in [9.17, 15) is 19.7 Å². The first-order valence-corrected chi connectivity index (χ1v) is 8.92. The Labute approximate surface area is 173 Å². The van der Waals surface area contributed by atoms with Gasteiger partial charge >= 0.3 is 5.97 Å². The molecule has 0 aliphatic carbocycles. The van der Waals surface area contributed by atoms with Crippen LogP contribution in [0.25, 0.3) is 0 Å². The van der Waals surface area contributed by atoms with Crippen LogP contribution in [0.15, 0.2) is 48.5 Å². The standard InChI is InChI=1S/C20H23N3O7/c1-20(19(25)29-3,13-30-15-7-5-4-6-8-15)21-12-18(24)22-16-10-9-14(23(26)27)11-17(16)28-2/h4-11,21H,12-13H2,1-3H3,(H,22,24). The van der Waals surface area contributed by atoms with Crippen molar-refractivity contribution in [3.8, 4) is 11.5 Å². The summed E-state index contributed by atoms with van der Waals surface area (Å²) in [4.78, 5) is 34.9. The summed E-state index contributed by atoms with van der Waals surface area (Å²) in [5.41, 5.74) is -1.20. The summed E-state index contributed by atoms with van der Waals surface area (Å²) >= 11 is 0. The van der Waals surface area contributed by atoms with E-state index in [2.05, 4.69) is 10.6 Å². The van der Waals surface area contributed by atoms with Crippen molar-refractivity contribution in [2.45, 2.75) is 12.5 Å². The molecule has 1 unspecified atom stereocenters. The van der Waals surface area contributed by atoms with Gasteiger partial charge in [0.15, 0.2) is 0 Å². The van der Waals surface area contributed by atoms with Gasteiger partial charge in [0, 0.05) is 6.07 Å². The number of non-ortho nitro benzene ring substituents is 1. The molecule has 160 valence electrons. The third-order valence-electron chi connectivity index (χ3n) is 4.22. The van der Waals surface area contributed by atoms with Crippen LogP contribution in [0.1, 0.15) is 6.92 Å². The Bertz CT molecular complexity index is 905. The summed E-state index contributed by atoms with van der Waals surface area (Å²) in [6.07, 6.45) is 0. The minimum atomic E-state index is -1.29. The van der Waals surface area contributed by atoms with Crippen LogP contribution < -0.4 is 20.1 Å². The molecule has 1 amide bonds. The number of nitro benzene ring substituents is 1. The normalized spacial score (nSPS) is 12.4. The first-order valence-electron chi connectivity index (χ1n) is 8.92. The van der Waals surface area contributed by atoms with Crippen molar-refractivity contribution in [3.05, 3.63) is 58.6 Å². The van der Waals surface area contributed by atoms with Crippen molar-refractivity contribution < 1.29 is 28.7 Å². The van der Waals surface area contributed by atoms with Crippen molar-refractivity contribution in [2.75, 3.05) is 32.7 Å². The van der Waals surface area contributed by atoms with E-state index >= 15 is 0 Å². The summed E-state index contributed by atoms with van der Waals surface area (Å²) < 4.78 is 15.6. The molecule has 0 saturated heterocycles. The molecule has 1 atom stereocenters. The van der Waals surface area contributed by atoms with Crippen LogP contribution in [0.4, 0.5) is 11.4 Å². The van der Waals surface area contributed by atoms with Gasteiger partial charge in [0.1, 0.15) is 23.6 Å². The van der Waals surface area contributed by atoms with Gasteiger partial charge in [-0.25, -0.2) is 4.79 Å². The first kappa shape index (κ1) is 22.6. The molecule has 2 aromatic rings. The molecule has 0 aliphatic rings. The molecular formula is C20H23N3O7. The molecule has 0 saturated carbocycles. The van der Waals surface area contributed by atoms with E-state index in [0.29, 0.717) is 5.75 Å². The van der Waals surface area contributed by atoms with Crippen LogP contribution in [0, 0.1) is 10.1 Å². The van der Waals surface area contributed by atoms with Crippen LogP contribution >= 0.6 is 0 Å². The quantitative estimate of drug-likeness (QED) is 0.342. The van der Waals surface area contributed by atoms with Gasteiger partial charge in [-0.1, -0.05) is 18.2 Å². The number of rotatable bonds is 10. The number of benzene rings is 2. The van der Waals surface area contributed by atoms with Gasteiger partial charge in [-0.05, 0) is 25.1 Å². The van der Waals surface area contributed by atoms with Gasteiger partial charge in [-0.2, -0.15) is 0 Å². The predicted molar refractivity (Wildman–Crippen MR) is 109 cm³/mol. The lowest BCUT2D eigenvalue weighted by molar-refractivity contribution is -0.384. The highest BCUT2D eigenvalue weighted by molar-refractivity contribution is 5.94.